The monoisotopic (exact) mass is 257 g/mol. The average Bonchev–Trinajstić information content (AvgIpc) is 2.27. The maximum atomic E-state index is 14.0. The molecule has 1 rings (SSSR count). The van der Waals surface area contributed by atoms with E-state index in [2.05, 4.69) is 0 Å². The van der Waals surface area contributed by atoms with Gasteiger partial charge in [-0.15, -0.1) is 0 Å². The number of halogens is 2. The Hall–Kier alpha value is -1.16. The lowest BCUT2D eigenvalue weighted by molar-refractivity contribution is -0.0114. The fraction of sp³-hybridized carbons (Fsp3) is 0.571. The van der Waals surface area contributed by atoms with Crippen LogP contribution in [0, 0.1) is 6.92 Å². The van der Waals surface area contributed by atoms with Gasteiger partial charge in [0.05, 0.1) is 7.11 Å². The third-order valence-electron chi connectivity index (χ3n) is 3.05. The lowest BCUT2D eigenvalue weighted by Gasteiger charge is -2.22. The van der Waals surface area contributed by atoms with E-state index >= 15 is 0 Å². The molecule has 1 aromatic rings. The van der Waals surface area contributed by atoms with Crippen LogP contribution in [0.25, 0.3) is 0 Å². The third-order valence-corrected chi connectivity index (χ3v) is 3.05. The highest BCUT2D eigenvalue weighted by molar-refractivity contribution is 5.45. The van der Waals surface area contributed by atoms with Gasteiger partial charge in [-0.3, -0.25) is 0 Å². The molecule has 0 heterocycles. The van der Waals surface area contributed by atoms with Crippen LogP contribution in [0.15, 0.2) is 12.1 Å². The molecule has 0 fully saturated rings. The minimum absolute atomic E-state index is 0.0323. The lowest BCUT2D eigenvalue weighted by Crippen LogP contribution is -2.20. The highest BCUT2D eigenvalue weighted by Crippen LogP contribution is 2.38. The van der Waals surface area contributed by atoms with E-state index in [9.17, 15) is 8.78 Å². The van der Waals surface area contributed by atoms with Gasteiger partial charge < -0.3 is 10.5 Å². The normalized spacial score (nSPS) is 12.0. The summed E-state index contributed by atoms with van der Waals surface area (Å²) in [5.74, 6) is -2.09. The van der Waals surface area contributed by atoms with E-state index in [1.165, 1.54) is 0 Å². The average molecular weight is 257 g/mol. The van der Waals surface area contributed by atoms with Gasteiger partial charge in [-0.05, 0) is 42.6 Å². The molecule has 0 saturated heterocycles. The summed E-state index contributed by atoms with van der Waals surface area (Å²) in [7, 11) is 1.55. The van der Waals surface area contributed by atoms with E-state index in [0.29, 0.717) is 11.3 Å². The van der Waals surface area contributed by atoms with Crippen LogP contribution in [0.5, 0.6) is 5.75 Å². The Labute approximate surface area is 107 Å². The molecule has 18 heavy (non-hydrogen) atoms. The van der Waals surface area contributed by atoms with Crippen molar-refractivity contribution in [2.75, 3.05) is 13.7 Å². The number of rotatable bonds is 5. The molecule has 0 aliphatic rings. The van der Waals surface area contributed by atoms with Crippen LogP contribution in [0.1, 0.15) is 42.9 Å². The molecule has 1 aromatic carbocycles. The molecule has 0 radical (unpaired) electrons. The highest BCUT2D eigenvalue weighted by Gasteiger charge is 2.33. The topological polar surface area (TPSA) is 35.2 Å². The molecule has 0 aliphatic carbocycles. The lowest BCUT2D eigenvalue weighted by atomic mass is 9.92. The van der Waals surface area contributed by atoms with E-state index in [-0.39, 0.29) is 24.4 Å². The second-order valence-corrected chi connectivity index (χ2v) is 4.81. The van der Waals surface area contributed by atoms with Gasteiger partial charge in [-0.25, -0.2) is 8.78 Å². The predicted molar refractivity (Wildman–Crippen MR) is 69.4 cm³/mol. The van der Waals surface area contributed by atoms with Crippen molar-refractivity contribution >= 4 is 0 Å². The number of benzene rings is 1. The van der Waals surface area contributed by atoms with Gasteiger partial charge in [0.25, 0.3) is 5.92 Å². The maximum Gasteiger partial charge on any atom is 0.274 e. The summed E-state index contributed by atoms with van der Waals surface area (Å²) in [5, 5.41) is 0. The van der Waals surface area contributed by atoms with E-state index < -0.39 is 5.92 Å². The summed E-state index contributed by atoms with van der Waals surface area (Å²) >= 11 is 0. The van der Waals surface area contributed by atoms with Gasteiger partial charge in [-0.1, -0.05) is 13.8 Å². The number of hydrogen-bond donors (Lipinski definition) is 1. The first kappa shape index (κ1) is 14.9. The van der Waals surface area contributed by atoms with Crippen molar-refractivity contribution in [1.29, 1.82) is 0 Å². The second-order valence-electron chi connectivity index (χ2n) is 4.81. The van der Waals surface area contributed by atoms with Crippen LogP contribution in [0.2, 0.25) is 0 Å². The van der Waals surface area contributed by atoms with Crippen LogP contribution in [0.3, 0.4) is 0 Å². The van der Waals surface area contributed by atoms with Crippen molar-refractivity contribution in [3.8, 4) is 5.75 Å². The molecular formula is C14H21F2NO. The first-order valence-electron chi connectivity index (χ1n) is 6.10. The molecule has 0 atom stereocenters. The molecule has 2 nitrogen and oxygen atoms in total. The van der Waals surface area contributed by atoms with Gasteiger partial charge in [0.15, 0.2) is 0 Å². The largest absolute Gasteiger partial charge is 0.496 e. The van der Waals surface area contributed by atoms with Gasteiger partial charge in [0, 0.05) is 12.0 Å². The van der Waals surface area contributed by atoms with E-state index in [0.717, 1.165) is 5.56 Å². The first-order chi connectivity index (χ1) is 8.33. The Bertz CT molecular complexity index is 417. The first-order valence-corrected chi connectivity index (χ1v) is 6.10. The number of methoxy groups -OCH3 is 1. The predicted octanol–water partition coefficient (Wildman–Crippen LogP) is 3.57. The summed E-state index contributed by atoms with van der Waals surface area (Å²) in [5.41, 5.74) is 6.64. The number of hydrogen-bond acceptors (Lipinski definition) is 2. The minimum atomic E-state index is -2.88. The summed E-state index contributed by atoms with van der Waals surface area (Å²) in [6.07, 6.45) is -0.336. The third kappa shape index (κ3) is 2.99. The molecule has 2 N–H and O–H groups in total. The number of aryl methyl sites for hydroxylation is 1. The van der Waals surface area contributed by atoms with Crippen LogP contribution in [-0.2, 0) is 5.92 Å². The van der Waals surface area contributed by atoms with Crippen molar-refractivity contribution in [1.82, 2.24) is 0 Å². The zero-order valence-corrected chi connectivity index (χ0v) is 11.4. The van der Waals surface area contributed by atoms with Crippen LogP contribution in [-0.4, -0.2) is 13.7 Å². The maximum absolute atomic E-state index is 14.0. The standard InChI is InChI=1S/C14H21F2NO/c1-9(2)11-8-12(14(15,16)5-6-17)10(3)7-13(11)18-4/h7-9H,5-6,17H2,1-4H3. The SMILES string of the molecule is COc1cc(C)c(C(F)(F)CCN)cc1C(C)C. The van der Waals surface area contributed by atoms with Crippen LogP contribution in [0.4, 0.5) is 8.78 Å². The fourth-order valence-electron chi connectivity index (χ4n) is 2.04. The van der Waals surface area contributed by atoms with Gasteiger partial charge >= 0.3 is 0 Å². The Morgan fingerprint density at radius 1 is 1.33 bits per heavy atom. The minimum Gasteiger partial charge on any atom is -0.496 e. The number of ether oxygens (including phenoxy) is 1. The molecule has 0 saturated carbocycles. The van der Waals surface area contributed by atoms with Crippen molar-refractivity contribution in [2.24, 2.45) is 5.73 Å². The van der Waals surface area contributed by atoms with Gasteiger partial charge in [0.2, 0.25) is 0 Å². The number of alkyl halides is 2. The molecular weight excluding hydrogens is 236 g/mol. The van der Waals surface area contributed by atoms with Crippen molar-refractivity contribution in [2.45, 2.75) is 39.0 Å². The molecule has 0 amide bonds. The quantitative estimate of drug-likeness (QED) is 0.875. The van der Waals surface area contributed by atoms with Crippen LogP contribution >= 0.6 is 0 Å². The summed E-state index contributed by atoms with van der Waals surface area (Å²) in [4.78, 5) is 0. The molecule has 0 aromatic heterocycles. The summed E-state index contributed by atoms with van der Waals surface area (Å²) in [6, 6.07) is 3.23. The molecule has 4 heteroatoms. The van der Waals surface area contributed by atoms with Gasteiger partial charge in [0.1, 0.15) is 5.75 Å². The Balaban J connectivity index is 3.33. The van der Waals surface area contributed by atoms with Crippen molar-refractivity contribution in [3.63, 3.8) is 0 Å². The molecule has 102 valence electrons. The molecule has 0 unspecified atom stereocenters. The Morgan fingerprint density at radius 3 is 2.39 bits per heavy atom. The fourth-order valence-corrected chi connectivity index (χ4v) is 2.04. The van der Waals surface area contributed by atoms with E-state index in [1.807, 2.05) is 13.8 Å². The van der Waals surface area contributed by atoms with Crippen molar-refractivity contribution < 1.29 is 13.5 Å². The highest BCUT2D eigenvalue weighted by atomic mass is 19.3. The summed E-state index contributed by atoms with van der Waals surface area (Å²) < 4.78 is 33.2. The summed E-state index contributed by atoms with van der Waals surface area (Å²) in [6.45, 7) is 5.55. The van der Waals surface area contributed by atoms with Gasteiger partial charge in [-0.2, -0.15) is 0 Å². The second kappa shape index (κ2) is 5.65. The Kier molecular flexibility index (Phi) is 4.68. The van der Waals surface area contributed by atoms with E-state index in [4.69, 9.17) is 10.5 Å². The smallest absolute Gasteiger partial charge is 0.274 e. The molecule has 0 bridgehead atoms. The number of nitrogens with two attached hydrogens (primary N) is 1. The van der Waals surface area contributed by atoms with Crippen LogP contribution < -0.4 is 10.5 Å². The zero-order valence-electron chi connectivity index (χ0n) is 11.4. The zero-order chi connectivity index (χ0) is 13.9. The van der Waals surface area contributed by atoms with E-state index in [1.54, 1.807) is 26.2 Å². The molecule has 0 aliphatic heterocycles. The Morgan fingerprint density at radius 2 is 1.94 bits per heavy atom. The molecule has 0 spiro atoms. The van der Waals surface area contributed by atoms with Crippen molar-refractivity contribution in [3.05, 3.63) is 28.8 Å².